The summed E-state index contributed by atoms with van der Waals surface area (Å²) < 4.78 is 28.6. The van der Waals surface area contributed by atoms with Crippen LogP contribution in [0.15, 0.2) is 18.2 Å². The van der Waals surface area contributed by atoms with E-state index in [-0.39, 0.29) is 23.5 Å². The first kappa shape index (κ1) is 17.4. The first-order chi connectivity index (χ1) is 10.2. The maximum atomic E-state index is 12.4. The molecule has 0 radical (unpaired) electrons. The van der Waals surface area contributed by atoms with Gasteiger partial charge in [0.1, 0.15) is 5.75 Å². The Bertz CT molecular complexity index is 677. The molecule has 2 rings (SSSR count). The predicted octanol–water partition coefficient (Wildman–Crippen LogP) is 2.41. The number of sulfone groups is 1. The van der Waals surface area contributed by atoms with Crippen molar-refractivity contribution in [2.75, 3.05) is 18.6 Å². The van der Waals surface area contributed by atoms with Crippen LogP contribution in [0.3, 0.4) is 0 Å². The number of carbonyl (C=O) groups excluding carboxylic acids is 1. The predicted molar refractivity (Wildman–Crippen MR) is 86.4 cm³/mol. The van der Waals surface area contributed by atoms with Crippen LogP contribution >= 0.6 is 23.2 Å². The van der Waals surface area contributed by atoms with Gasteiger partial charge in [0.2, 0.25) is 0 Å². The Morgan fingerprint density at radius 3 is 2.68 bits per heavy atom. The second kappa shape index (κ2) is 6.64. The molecule has 0 unspecified atom stereocenters. The summed E-state index contributed by atoms with van der Waals surface area (Å²) in [6, 6.07) is 4.44. The summed E-state index contributed by atoms with van der Waals surface area (Å²) in [5, 5.41) is 0.810. The molecule has 8 heteroatoms. The van der Waals surface area contributed by atoms with Crippen molar-refractivity contribution < 1.29 is 17.9 Å². The van der Waals surface area contributed by atoms with Crippen molar-refractivity contribution in [3.63, 3.8) is 0 Å². The van der Waals surface area contributed by atoms with E-state index in [4.69, 9.17) is 27.9 Å². The van der Waals surface area contributed by atoms with Crippen molar-refractivity contribution in [2.45, 2.75) is 25.5 Å². The highest BCUT2D eigenvalue weighted by molar-refractivity contribution is 7.91. The highest BCUT2D eigenvalue weighted by Gasteiger charge is 2.34. The summed E-state index contributed by atoms with van der Waals surface area (Å²) in [5.41, 5.74) is 0. The second-order valence-corrected chi connectivity index (χ2v) is 8.41. The minimum Gasteiger partial charge on any atom is -0.479 e. The molecule has 1 aliphatic heterocycles. The number of amides is 1. The minimum atomic E-state index is -3.04. The molecule has 2 atom stereocenters. The van der Waals surface area contributed by atoms with E-state index >= 15 is 0 Å². The van der Waals surface area contributed by atoms with E-state index in [2.05, 4.69) is 0 Å². The van der Waals surface area contributed by atoms with Gasteiger partial charge in [0, 0.05) is 24.2 Å². The third-order valence-corrected chi connectivity index (χ3v) is 5.95. The number of ether oxygens (including phenoxy) is 1. The van der Waals surface area contributed by atoms with Crippen molar-refractivity contribution in [3.8, 4) is 5.75 Å². The van der Waals surface area contributed by atoms with Crippen LogP contribution in [-0.4, -0.2) is 49.9 Å². The van der Waals surface area contributed by atoms with Gasteiger partial charge in [-0.25, -0.2) is 8.42 Å². The van der Waals surface area contributed by atoms with E-state index in [9.17, 15) is 13.2 Å². The maximum absolute atomic E-state index is 12.4. The molecule has 0 spiro atoms. The topological polar surface area (TPSA) is 63.7 Å². The first-order valence-corrected chi connectivity index (χ1v) is 9.36. The summed E-state index contributed by atoms with van der Waals surface area (Å²) in [7, 11) is -1.45. The second-order valence-electron chi connectivity index (χ2n) is 5.34. The normalized spacial score (nSPS) is 21.4. The van der Waals surface area contributed by atoms with E-state index in [1.54, 1.807) is 26.1 Å². The van der Waals surface area contributed by atoms with Gasteiger partial charge in [-0.3, -0.25) is 4.79 Å². The Hall–Kier alpha value is -0.980. The molecule has 1 aromatic carbocycles. The van der Waals surface area contributed by atoms with Crippen LogP contribution in [-0.2, 0) is 14.6 Å². The van der Waals surface area contributed by atoms with Crippen LogP contribution < -0.4 is 4.74 Å². The number of hydrogen-bond acceptors (Lipinski definition) is 4. The number of halogens is 2. The lowest BCUT2D eigenvalue weighted by molar-refractivity contribution is -0.138. The molecule has 1 fully saturated rings. The molecule has 1 heterocycles. The fraction of sp³-hybridized carbons (Fsp3) is 0.500. The third-order valence-electron chi connectivity index (χ3n) is 3.65. The number of benzene rings is 1. The SMILES string of the molecule is C[C@H](Oc1cc(Cl)ccc1Cl)C(=O)N(C)[C@@H]1CCS(=O)(=O)C1. The van der Waals surface area contributed by atoms with Crippen molar-refractivity contribution >= 4 is 38.9 Å². The van der Waals surface area contributed by atoms with Crippen LogP contribution in [0.25, 0.3) is 0 Å². The van der Waals surface area contributed by atoms with Gasteiger partial charge >= 0.3 is 0 Å². The molecule has 22 heavy (non-hydrogen) atoms. The molecule has 1 aromatic rings. The number of carbonyl (C=O) groups is 1. The average molecular weight is 366 g/mol. The Morgan fingerprint density at radius 2 is 2.09 bits per heavy atom. The summed E-state index contributed by atoms with van der Waals surface area (Å²) in [6.45, 7) is 1.60. The smallest absolute Gasteiger partial charge is 0.263 e. The largest absolute Gasteiger partial charge is 0.479 e. The molecule has 1 aliphatic rings. The zero-order valence-corrected chi connectivity index (χ0v) is 14.6. The van der Waals surface area contributed by atoms with Gasteiger partial charge in [-0.1, -0.05) is 23.2 Å². The molecule has 0 aliphatic carbocycles. The van der Waals surface area contributed by atoms with Gasteiger partial charge in [-0.2, -0.15) is 0 Å². The lowest BCUT2D eigenvalue weighted by atomic mass is 10.2. The highest BCUT2D eigenvalue weighted by Crippen LogP contribution is 2.29. The van der Waals surface area contributed by atoms with Gasteiger partial charge in [0.25, 0.3) is 5.91 Å². The van der Waals surface area contributed by atoms with E-state index < -0.39 is 15.9 Å². The standard InChI is InChI=1S/C14H17Cl2NO4S/c1-9(21-13-7-10(15)3-4-12(13)16)14(18)17(2)11-5-6-22(19,20)8-11/h3-4,7,9,11H,5-6,8H2,1-2H3/t9-,11+/m0/s1. The molecular weight excluding hydrogens is 349 g/mol. The summed E-state index contributed by atoms with van der Waals surface area (Å²) in [4.78, 5) is 13.8. The van der Waals surface area contributed by atoms with Crippen molar-refractivity contribution in [1.29, 1.82) is 0 Å². The lowest BCUT2D eigenvalue weighted by Crippen LogP contribution is -2.44. The highest BCUT2D eigenvalue weighted by atomic mass is 35.5. The van der Waals surface area contributed by atoms with Gasteiger partial charge in [-0.05, 0) is 25.5 Å². The van der Waals surface area contributed by atoms with E-state index in [1.165, 1.54) is 11.0 Å². The molecule has 0 N–H and O–H groups in total. The number of hydrogen-bond donors (Lipinski definition) is 0. The lowest BCUT2D eigenvalue weighted by Gasteiger charge is -2.27. The van der Waals surface area contributed by atoms with Gasteiger partial charge in [0.15, 0.2) is 15.9 Å². The van der Waals surface area contributed by atoms with Crippen molar-refractivity contribution in [1.82, 2.24) is 4.90 Å². The van der Waals surface area contributed by atoms with Crippen LogP contribution in [0.2, 0.25) is 10.0 Å². The summed E-state index contributed by atoms with van der Waals surface area (Å²) >= 11 is 11.9. The zero-order chi connectivity index (χ0) is 16.5. The first-order valence-electron chi connectivity index (χ1n) is 6.78. The van der Waals surface area contributed by atoms with Crippen LogP contribution in [0, 0.1) is 0 Å². The zero-order valence-electron chi connectivity index (χ0n) is 12.3. The maximum Gasteiger partial charge on any atom is 0.263 e. The minimum absolute atomic E-state index is 0.000118. The van der Waals surface area contributed by atoms with Crippen LogP contribution in [0.1, 0.15) is 13.3 Å². The van der Waals surface area contributed by atoms with Crippen molar-refractivity contribution in [3.05, 3.63) is 28.2 Å². The van der Waals surface area contributed by atoms with E-state index in [0.717, 1.165) is 0 Å². The molecule has 1 amide bonds. The average Bonchev–Trinajstić information content (AvgIpc) is 2.81. The molecule has 0 aromatic heterocycles. The Balaban J connectivity index is 2.04. The number of nitrogens with zero attached hydrogens (tertiary/aromatic N) is 1. The Labute approximate surface area is 140 Å². The molecule has 5 nitrogen and oxygen atoms in total. The molecular formula is C14H17Cl2NO4S. The molecule has 0 bridgehead atoms. The van der Waals surface area contributed by atoms with E-state index in [0.29, 0.717) is 22.2 Å². The monoisotopic (exact) mass is 365 g/mol. The number of rotatable bonds is 4. The van der Waals surface area contributed by atoms with Gasteiger partial charge < -0.3 is 9.64 Å². The fourth-order valence-electron chi connectivity index (χ4n) is 2.36. The van der Waals surface area contributed by atoms with Gasteiger partial charge in [-0.15, -0.1) is 0 Å². The molecule has 0 saturated carbocycles. The Morgan fingerprint density at radius 1 is 1.41 bits per heavy atom. The van der Waals surface area contributed by atoms with Crippen LogP contribution in [0.4, 0.5) is 0 Å². The quantitative estimate of drug-likeness (QED) is 0.821. The van der Waals surface area contributed by atoms with Gasteiger partial charge in [0.05, 0.1) is 16.5 Å². The molecule has 122 valence electrons. The van der Waals surface area contributed by atoms with Crippen LogP contribution in [0.5, 0.6) is 5.75 Å². The fourth-order valence-corrected chi connectivity index (χ4v) is 4.45. The number of likely N-dealkylation sites (N-methyl/N-ethyl adjacent to an activating group) is 1. The van der Waals surface area contributed by atoms with E-state index in [1.807, 2.05) is 0 Å². The van der Waals surface area contributed by atoms with Crippen molar-refractivity contribution in [2.24, 2.45) is 0 Å². The third kappa shape index (κ3) is 4.06. The molecule has 1 saturated heterocycles. The summed E-state index contributed by atoms with van der Waals surface area (Å²) in [5.74, 6) is 0.144. The Kier molecular flexibility index (Phi) is 5.25. The summed E-state index contributed by atoms with van der Waals surface area (Å²) in [6.07, 6.45) is -0.334.